The van der Waals surface area contributed by atoms with Crippen LogP contribution in [0.2, 0.25) is 0 Å². The van der Waals surface area contributed by atoms with Crippen LogP contribution in [-0.4, -0.2) is 22.2 Å². The molecule has 1 amide bonds. The number of hydrogen-bond acceptors (Lipinski definition) is 5. The van der Waals surface area contributed by atoms with Gasteiger partial charge < -0.3 is 10.6 Å². The summed E-state index contributed by atoms with van der Waals surface area (Å²) in [5, 5.41) is 16.4. The highest BCUT2D eigenvalue weighted by Gasteiger charge is 2.36. The molecule has 0 spiro atoms. The lowest BCUT2D eigenvalue weighted by Gasteiger charge is -2.23. The predicted octanol–water partition coefficient (Wildman–Crippen LogP) is 1.94. The fraction of sp³-hybridized carbons (Fsp3) is 0.333. The summed E-state index contributed by atoms with van der Waals surface area (Å²) in [6.45, 7) is 5.43. The maximum Gasteiger partial charge on any atom is 0.296 e. The molecule has 1 aliphatic heterocycles. The maximum atomic E-state index is 11.8. The first-order valence-electron chi connectivity index (χ1n) is 5.66. The van der Waals surface area contributed by atoms with E-state index in [-0.39, 0.29) is 16.9 Å². The van der Waals surface area contributed by atoms with Crippen molar-refractivity contribution in [3.8, 4) is 0 Å². The molecule has 7 heteroatoms. The van der Waals surface area contributed by atoms with Gasteiger partial charge in [-0.15, -0.1) is 0 Å². The van der Waals surface area contributed by atoms with Crippen LogP contribution in [0.3, 0.4) is 0 Å². The minimum Gasteiger partial charge on any atom is -0.374 e. The summed E-state index contributed by atoms with van der Waals surface area (Å²) in [7, 11) is 0. The smallest absolute Gasteiger partial charge is 0.296 e. The van der Waals surface area contributed by atoms with Crippen LogP contribution >= 0.6 is 0 Å². The Bertz CT molecular complexity index is 602. The zero-order valence-electron chi connectivity index (χ0n) is 10.7. The highest BCUT2D eigenvalue weighted by molar-refractivity contribution is 6.53. The van der Waals surface area contributed by atoms with Crippen LogP contribution in [0.1, 0.15) is 31.1 Å². The first-order valence-corrected chi connectivity index (χ1v) is 5.66. The van der Waals surface area contributed by atoms with Crippen LogP contribution in [0.25, 0.3) is 0 Å². The molecule has 0 aliphatic carbocycles. The Morgan fingerprint density at radius 3 is 2.42 bits per heavy atom. The van der Waals surface area contributed by atoms with Crippen molar-refractivity contribution in [2.75, 3.05) is 10.6 Å². The molecule has 100 valence electrons. The van der Waals surface area contributed by atoms with Crippen molar-refractivity contribution in [1.82, 2.24) is 0 Å². The average molecular weight is 263 g/mol. The van der Waals surface area contributed by atoms with E-state index in [0.29, 0.717) is 5.69 Å². The SMILES string of the molecule is CC(C)(C)Nc1c([N+](=O)[O-])ccc2c1C(=O)C(=O)N2. The van der Waals surface area contributed by atoms with E-state index < -0.39 is 22.2 Å². The van der Waals surface area contributed by atoms with Gasteiger partial charge in [0.25, 0.3) is 17.4 Å². The number of Topliss-reactive ketones (excluding diaryl/α,β-unsaturated/α-hetero) is 1. The third kappa shape index (κ3) is 2.26. The van der Waals surface area contributed by atoms with Gasteiger partial charge in [-0.2, -0.15) is 0 Å². The Kier molecular flexibility index (Phi) is 2.77. The van der Waals surface area contributed by atoms with Gasteiger partial charge in [0.2, 0.25) is 0 Å². The molecule has 1 aromatic carbocycles. The van der Waals surface area contributed by atoms with Crippen LogP contribution in [0.4, 0.5) is 17.1 Å². The Balaban J connectivity index is 2.67. The number of amides is 1. The standard InChI is InChI=1S/C12H13N3O4/c1-12(2,3)14-9-7(15(18)19)5-4-6-8(9)10(16)11(17)13-6/h4-5,14H,1-3H3,(H,13,16,17). The highest BCUT2D eigenvalue weighted by atomic mass is 16.6. The van der Waals surface area contributed by atoms with E-state index in [0.717, 1.165) is 0 Å². The van der Waals surface area contributed by atoms with Crippen LogP contribution < -0.4 is 10.6 Å². The second kappa shape index (κ2) is 4.04. The number of carbonyl (C=O) groups is 2. The molecule has 2 N–H and O–H groups in total. The summed E-state index contributed by atoms with van der Waals surface area (Å²) in [5.74, 6) is -1.53. The monoisotopic (exact) mass is 263 g/mol. The van der Waals surface area contributed by atoms with E-state index in [1.165, 1.54) is 12.1 Å². The number of fused-ring (bicyclic) bond motifs is 1. The predicted molar refractivity (Wildman–Crippen MR) is 69.4 cm³/mol. The molecular formula is C12H13N3O4. The summed E-state index contributed by atoms with van der Waals surface area (Å²) in [5.41, 5.74) is -0.287. The van der Waals surface area contributed by atoms with Crippen molar-refractivity contribution in [1.29, 1.82) is 0 Å². The van der Waals surface area contributed by atoms with Crippen LogP contribution in [0, 0.1) is 10.1 Å². The van der Waals surface area contributed by atoms with Crippen molar-refractivity contribution < 1.29 is 14.5 Å². The third-order valence-electron chi connectivity index (χ3n) is 2.56. The zero-order chi connectivity index (χ0) is 14.4. The number of benzene rings is 1. The Morgan fingerprint density at radius 1 is 1.26 bits per heavy atom. The molecule has 0 fully saturated rings. The van der Waals surface area contributed by atoms with E-state index in [9.17, 15) is 19.7 Å². The maximum absolute atomic E-state index is 11.8. The number of nitrogens with one attached hydrogen (secondary N) is 2. The topological polar surface area (TPSA) is 101 Å². The highest BCUT2D eigenvalue weighted by Crippen LogP contribution is 2.38. The largest absolute Gasteiger partial charge is 0.374 e. The van der Waals surface area contributed by atoms with E-state index in [1.54, 1.807) is 0 Å². The molecular weight excluding hydrogens is 250 g/mol. The molecule has 7 nitrogen and oxygen atoms in total. The fourth-order valence-corrected chi connectivity index (χ4v) is 1.88. The lowest BCUT2D eigenvalue weighted by atomic mass is 10.0. The average Bonchev–Trinajstić information content (AvgIpc) is 2.53. The number of nitrogens with zero attached hydrogens (tertiary/aromatic N) is 1. The Hall–Kier alpha value is -2.44. The molecule has 0 saturated heterocycles. The summed E-state index contributed by atoms with van der Waals surface area (Å²) < 4.78 is 0. The van der Waals surface area contributed by atoms with Gasteiger partial charge in [0, 0.05) is 11.6 Å². The van der Waals surface area contributed by atoms with E-state index in [2.05, 4.69) is 10.6 Å². The molecule has 0 aromatic heterocycles. The molecule has 1 aliphatic rings. The van der Waals surface area contributed by atoms with Gasteiger partial charge >= 0.3 is 0 Å². The van der Waals surface area contributed by atoms with Gasteiger partial charge in [-0.25, -0.2) is 0 Å². The number of ketones is 1. The number of nitro benzene ring substituents is 1. The van der Waals surface area contributed by atoms with E-state index >= 15 is 0 Å². The third-order valence-corrected chi connectivity index (χ3v) is 2.56. The molecule has 1 heterocycles. The first-order chi connectivity index (χ1) is 8.70. The lowest BCUT2D eigenvalue weighted by Crippen LogP contribution is -2.27. The molecule has 0 radical (unpaired) electrons. The van der Waals surface area contributed by atoms with Gasteiger partial charge in [-0.05, 0) is 26.8 Å². The molecule has 0 saturated carbocycles. The van der Waals surface area contributed by atoms with Crippen molar-refractivity contribution >= 4 is 28.8 Å². The summed E-state index contributed by atoms with van der Waals surface area (Å²) in [6.07, 6.45) is 0. The zero-order valence-corrected chi connectivity index (χ0v) is 10.7. The van der Waals surface area contributed by atoms with E-state index in [1.807, 2.05) is 20.8 Å². The first kappa shape index (κ1) is 13.0. The second-order valence-electron chi connectivity index (χ2n) is 5.30. The van der Waals surface area contributed by atoms with Gasteiger partial charge in [0.1, 0.15) is 5.69 Å². The molecule has 0 atom stereocenters. The molecule has 1 aromatic rings. The van der Waals surface area contributed by atoms with Crippen molar-refractivity contribution in [3.63, 3.8) is 0 Å². The van der Waals surface area contributed by atoms with Crippen molar-refractivity contribution in [3.05, 3.63) is 27.8 Å². The minimum atomic E-state index is -0.771. The fourth-order valence-electron chi connectivity index (χ4n) is 1.88. The molecule has 0 bridgehead atoms. The van der Waals surface area contributed by atoms with Gasteiger partial charge in [0.05, 0.1) is 16.2 Å². The van der Waals surface area contributed by atoms with Crippen LogP contribution in [0.15, 0.2) is 12.1 Å². The number of nitro groups is 1. The Labute approximate surface area is 109 Å². The van der Waals surface area contributed by atoms with Gasteiger partial charge in [0.15, 0.2) is 0 Å². The van der Waals surface area contributed by atoms with Gasteiger partial charge in [-0.3, -0.25) is 19.7 Å². The molecule has 2 rings (SSSR count). The Morgan fingerprint density at radius 2 is 1.89 bits per heavy atom. The normalized spacial score (nSPS) is 14.1. The number of hydrogen-bond donors (Lipinski definition) is 2. The van der Waals surface area contributed by atoms with Gasteiger partial charge in [-0.1, -0.05) is 0 Å². The summed E-state index contributed by atoms with van der Waals surface area (Å²) in [4.78, 5) is 33.6. The molecule has 0 unspecified atom stereocenters. The number of rotatable bonds is 2. The van der Waals surface area contributed by atoms with Crippen molar-refractivity contribution in [2.24, 2.45) is 0 Å². The second-order valence-corrected chi connectivity index (χ2v) is 5.30. The van der Waals surface area contributed by atoms with Crippen molar-refractivity contribution in [2.45, 2.75) is 26.3 Å². The quantitative estimate of drug-likeness (QED) is 0.482. The lowest BCUT2D eigenvalue weighted by molar-refractivity contribution is -0.384. The summed E-state index contributed by atoms with van der Waals surface area (Å²) >= 11 is 0. The van der Waals surface area contributed by atoms with E-state index in [4.69, 9.17) is 0 Å². The summed E-state index contributed by atoms with van der Waals surface area (Å²) in [6, 6.07) is 2.63. The molecule has 19 heavy (non-hydrogen) atoms. The number of carbonyl (C=O) groups excluding carboxylic acids is 2. The minimum absolute atomic E-state index is 0.0362. The number of anilines is 2. The van der Waals surface area contributed by atoms with Crippen LogP contribution in [0.5, 0.6) is 0 Å². The van der Waals surface area contributed by atoms with Crippen LogP contribution in [-0.2, 0) is 4.79 Å².